The van der Waals surface area contributed by atoms with E-state index in [1.165, 1.54) is 46.5 Å². The van der Waals surface area contributed by atoms with Crippen molar-refractivity contribution in [2.75, 3.05) is 0 Å². The van der Waals surface area contributed by atoms with Crippen molar-refractivity contribution in [3.05, 3.63) is 34.5 Å². The molecule has 0 aliphatic heterocycles. The van der Waals surface area contributed by atoms with E-state index in [9.17, 15) is 0 Å². The molecule has 25 heavy (non-hydrogen) atoms. The number of imidazole rings is 1. The second-order valence-corrected chi connectivity index (χ2v) is 9.13. The van der Waals surface area contributed by atoms with Gasteiger partial charge in [-0.3, -0.25) is 0 Å². The lowest BCUT2D eigenvalue weighted by Crippen LogP contribution is -2.02. The normalized spacial score (nSPS) is 16.2. The highest BCUT2D eigenvalue weighted by molar-refractivity contribution is 7.28. The highest BCUT2D eigenvalue weighted by atomic mass is 32.1. The average molecular weight is 369 g/mol. The van der Waals surface area contributed by atoms with Crippen LogP contribution in [-0.4, -0.2) is 19.6 Å². The zero-order chi connectivity index (χ0) is 17.0. The molecule has 0 amide bonds. The van der Waals surface area contributed by atoms with Crippen molar-refractivity contribution in [2.45, 2.75) is 51.9 Å². The molecule has 0 spiro atoms. The maximum Gasteiger partial charge on any atom is 0.156 e. The van der Waals surface area contributed by atoms with Crippen LogP contribution >= 0.6 is 22.7 Å². The molecular formula is C19H20N4S2. The Balaban J connectivity index is 1.53. The van der Waals surface area contributed by atoms with Gasteiger partial charge in [0.15, 0.2) is 5.65 Å². The standard InChI is InChI=1S/C19H20N4S2/c1-11-8-14(22-23-10-12(2)20-17(11)23)18-21-19-16(25-18)9-15(24-19)13-6-4-3-5-7-13/h8-10,13H,3-7H2,1-2H3. The largest absolute Gasteiger partial charge is 0.232 e. The number of hydrogen-bond acceptors (Lipinski definition) is 5. The monoisotopic (exact) mass is 368 g/mol. The Kier molecular flexibility index (Phi) is 3.64. The van der Waals surface area contributed by atoms with Gasteiger partial charge < -0.3 is 0 Å². The van der Waals surface area contributed by atoms with Crippen LogP contribution < -0.4 is 0 Å². The molecule has 0 saturated heterocycles. The van der Waals surface area contributed by atoms with Gasteiger partial charge >= 0.3 is 0 Å². The van der Waals surface area contributed by atoms with Crippen LogP contribution in [0, 0.1) is 13.8 Å². The fourth-order valence-corrected chi connectivity index (χ4v) is 6.15. The quantitative estimate of drug-likeness (QED) is 0.454. The van der Waals surface area contributed by atoms with Crippen LogP contribution in [0.15, 0.2) is 18.3 Å². The van der Waals surface area contributed by atoms with Crippen LogP contribution in [-0.2, 0) is 0 Å². The summed E-state index contributed by atoms with van der Waals surface area (Å²) in [7, 11) is 0. The summed E-state index contributed by atoms with van der Waals surface area (Å²) in [6.45, 7) is 4.09. The van der Waals surface area contributed by atoms with E-state index in [1.807, 2.05) is 29.0 Å². The summed E-state index contributed by atoms with van der Waals surface area (Å²) >= 11 is 3.65. The van der Waals surface area contributed by atoms with Crippen molar-refractivity contribution < 1.29 is 0 Å². The topological polar surface area (TPSA) is 43.1 Å². The van der Waals surface area contributed by atoms with Crippen LogP contribution in [0.1, 0.15) is 54.2 Å². The molecule has 6 heteroatoms. The highest BCUT2D eigenvalue weighted by Gasteiger charge is 2.20. The molecular weight excluding hydrogens is 348 g/mol. The van der Waals surface area contributed by atoms with E-state index in [0.717, 1.165) is 33.5 Å². The molecule has 0 radical (unpaired) electrons. The number of thiazole rings is 1. The van der Waals surface area contributed by atoms with Gasteiger partial charge in [-0.2, -0.15) is 5.10 Å². The van der Waals surface area contributed by atoms with Gasteiger partial charge in [-0.25, -0.2) is 14.5 Å². The molecule has 1 aliphatic carbocycles. The van der Waals surface area contributed by atoms with E-state index in [2.05, 4.69) is 24.0 Å². The molecule has 4 aromatic heterocycles. The second kappa shape index (κ2) is 5.88. The first-order chi connectivity index (χ1) is 12.2. The van der Waals surface area contributed by atoms with E-state index >= 15 is 0 Å². The summed E-state index contributed by atoms with van der Waals surface area (Å²) < 4.78 is 3.19. The molecule has 128 valence electrons. The predicted octanol–water partition coefficient (Wildman–Crippen LogP) is 5.73. The molecule has 4 nitrogen and oxygen atoms in total. The average Bonchev–Trinajstić information content (AvgIpc) is 3.27. The molecule has 0 aromatic carbocycles. The Bertz CT molecular complexity index is 1030. The summed E-state index contributed by atoms with van der Waals surface area (Å²) in [4.78, 5) is 12.1. The number of aryl methyl sites for hydroxylation is 2. The van der Waals surface area contributed by atoms with Gasteiger partial charge in [0.2, 0.25) is 0 Å². The van der Waals surface area contributed by atoms with E-state index in [0.29, 0.717) is 0 Å². The molecule has 1 fully saturated rings. The minimum atomic E-state index is 0.759. The Morgan fingerprint density at radius 1 is 1.04 bits per heavy atom. The Morgan fingerprint density at radius 3 is 2.68 bits per heavy atom. The maximum absolute atomic E-state index is 4.89. The molecule has 1 aliphatic rings. The van der Waals surface area contributed by atoms with Gasteiger partial charge in [0.1, 0.15) is 15.5 Å². The lowest BCUT2D eigenvalue weighted by atomic mass is 9.88. The SMILES string of the molecule is Cc1cn2nc(-c3nc4sc(C5CCCCC5)cc4s3)cc(C)c2n1. The molecule has 0 unspecified atom stereocenters. The summed E-state index contributed by atoms with van der Waals surface area (Å²) in [5.74, 6) is 0.759. The van der Waals surface area contributed by atoms with E-state index in [-0.39, 0.29) is 0 Å². The number of fused-ring (bicyclic) bond motifs is 2. The molecule has 4 heterocycles. The summed E-state index contributed by atoms with van der Waals surface area (Å²) in [5, 5.41) is 5.73. The van der Waals surface area contributed by atoms with Crippen LogP contribution in [0.3, 0.4) is 0 Å². The maximum atomic E-state index is 4.89. The third-order valence-corrected chi connectivity index (χ3v) is 7.41. The number of thiophene rings is 1. The second-order valence-electron chi connectivity index (χ2n) is 7.04. The van der Waals surface area contributed by atoms with Gasteiger partial charge in [0, 0.05) is 4.88 Å². The minimum absolute atomic E-state index is 0.759. The molecule has 0 N–H and O–H groups in total. The molecule has 4 aromatic rings. The third kappa shape index (κ3) is 2.68. The van der Waals surface area contributed by atoms with Crippen LogP contribution in [0.5, 0.6) is 0 Å². The minimum Gasteiger partial charge on any atom is -0.232 e. The van der Waals surface area contributed by atoms with Crippen molar-refractivity contribution in [1.82, 2.24) is 19.6 Å². The van der Waals surface area contributed by atoms with Crippen molar-refractivity contribution in [3.63, 3.8) is 0 Å². The van der Waals surface area contributed by atoms with Gasteiger partial charge in [-0.15, -0.1) is 22.7 Å². The lowest BCUT2D eigenvalue weighted by molar-refractivity contribution is 0.448. The number of aromatic nitrogens is 4. The van der Waals surface area contributed by atoms with E-state index in [4.69, 9.17) is 10.1 Å². The molecule has 0 bridgehead atoms. The van der Waals surface area contributed by atoms with Crippen molar-refractivity contribution in [3.8, 4) is 10.7 Å². The molecule has 1 saturated carbocycles. The van der Waals surface area contributed by atoms with Crippen LogP contribution in [0.4, 0.5) is 0 Å². The van der Waals surface area contributed by atoms with Crippen LogP contribution in [0.2, 0.25) is 0 Å². The van der Waals surface area contributed by atoms with Gasteiger partial charge in [0.25, 0.3) is 0 Å². The van der Waals surface area contributed by atoms with Crippen molar-refractivity contribution in [1.29, 1.82) is 0 Å². The third-order valence-electron chi connectivity index (χ3n) is 5.06. The predicted molar refractivity (Wildman–Crippen MR) is 105 cm³/mol. The summed E-state index contributed by atoms with van der Waals surface area (Å²) in [6, 6.07) is 4.48. The Morgan fingerprint density at radius 2 is 1.88 bits per heavy atom. The smallest absolute Gasteiger partial charge is 0.156 e. The van der Waals surface area contributed by atoms with E-state index in [1.54, 1.807) is 11.3 Å². The number of nitrogens with zero attached hydrogens (tertiary/aromatic N) is 4. The van der Waals surface area contributed by atoms with Crippen LogP contribution in [0.25, 0.3) is 25.9 Å². The molecule has 0 atom stereocenters. The zero-order valence-electron chi connectivity index (χ0n) is 14.5. The molecule has 5 rings (SSSR count). The highest BCUT2D eigenvalue weighted by Crippen LogP contribution is 2.41. The zero-order valence-corrected chi connectivity index (χ0v) is 16.1. The summed E-state index contributed by atoms with van der Waals surface area (Å²) in [5.41, 5.74) is 4.00. The Labute approximate surface area is 154 Å². The van der Waals surface area contributed by atoms with Gasteiger partial charge in [-0.05, 0) is 50.3 Å². The van der Waals surface area contributed by atoms with Gasteiger partial charge in [0.05, 0.1) is 16.6 Å². The number of rotatable bonds is 2. The first-order valence-electron chi connectivity index (χ1n) is 8.91. The fourth-order valence-electron chi connectivity index (χ4n) is 3.80. The first-order valence-corrected chi connectivity index (χ1v) is 10.5. The van der Waals surface area contributed by atoms with Crippen molar-refractivity contribution in [2.24, 2.45) is 0 Å². The fraction of sp³-hybridized carbons (Fsp3) is 0.421. The number of hydrogen-bond donors (Lipinski definition) is 0. The van der Waals surface area contributed by atoms with Gasteiger partial charge in [-0.1, -0.05) is 19.3 Å². The lowest BCUT2D eigenvalue weighted by Gasteiger charge is -2.19. The van der Waals surface area contributed by atoms with E-state index < -0.39 is 0 Å². The first kappa shape index (κ1) is 15.5. The van der Waals surface area contributed by atoms with Crippen molar-refractivity contribution >= 4 is 37.9 Å². The Hall–Kier alpha value is -1.79. The summed E-state index contributed by atoms with van der Waals surface area (Å²) in [6.07, 6.45) is 8.82.